The summed E-state index contributed by atoms with van der Waals surface area (Å²) in [6, 6.07) is 0. The van der Waals surface area contributed by atoms with Gasteiger partial charge in [-0.05, 0) is 6.42 Å². The first-order valence-electron chi connectivity index (χ1n) is 4.72. The maximum atomic E-state index is 11.5. The number of carboxylic acids is 1. The third kappa shape index (κ3) is 5.34. The number of methoxy groups -OCH3 is 1. The molecular weight excluding hydrogens is 204 g/mol. The lowest BCUT2D eigenvalue weighted by Gasteiger charge is -2.10. The highest BCUT2D eigenvalue weighted by atomic mass is 32.2. The fourth-order valence-electron chi connectivity index (χ4n) is 1.05. The molecule has 0 heterocycles. The molecule has 0 amide bonds. The summed E-state index contributed by atoms with van der Waals surface area (Å²) in [5.74, 6) is -0.588. The Morgan fingerprint density at radius 3 is 2.57 bits per heavy atom. The van der Waals surface area contributed by atoms with Crippen LogP contribution in [-0.2, 0) is 20.3 Å². The van der Waals surface area contributed by atoms with Crippen LogP contribution in [0.25, 0.3) is 0 Å². The topological polar surface area (TPSA) is 63.6 Å². The average molecular weight is 222 g/mol. The predicted molar refractivity (Wildman–Crippen MR) is 55.8 cm³/mol. The van der Waals surface area contributed by atoms with Gasteiger partial charge in [-0.1, -0.05) is 19.8 Å². The molecule has 0 saturated carbocycles. The molecule has 0 aliphatic rings. The van der Waals surface area contributed by atoms with Crippen molar-refractivity contribution < 1.29 is 18.8 Å². The highest BCUT2D eigenvalue weighted by Crippen LogP contribution is 2.03. The van der Waals surface area contributed by atoms with Crippen molar-refractivity contribution in [3.63, 3.8) is 0 Å². The Labute approximate surface area is 87.1 Å². The summed E-state index contributed by atoms with van der Waals surface area (Å²) < 4.78 is 16.2. The molecule has 0 aliphatic heterocycles. The van der Waals surface area contributed by atoms with Crippen LogP contribution in [0, 0.1) is 0 Å². The SMILES string of the molecule is CCCCCS(=O)C(COC)C(=O)O. The normalized spacial score (nSPS) is 15.0. The fourth-order valence-corrected chi connectivity index (χ4v) is 2.33. The van der Waals surface area contributed by atoms with Gasteiger partial charge in [0.1, 0.15) is 0 Å². The van der Waals surface area contributed by atoms with Crippen molar-refractivity contribution in [2.24, 2.45) is 0 Å². The first-order valence-corrected chi connectivity index (χ1v) is 6.10. The highest BCUT2D eigenvalue weighted by Gasteiger charge is 2.23. The Kier molecular flexibility index (Phi) is 7.70. The van der Waals surface area contributed by atoms with Gasteiger partial charge in [0.2, 0.25) is 0 Å². The molecular formula is C9H18O4S. The van der Waals surface area contributed by atoms with E-state index in [1.54, 1.807) is 0 Å². The fraction of sp³-hybridized carbons (Fsp3) is 0.889. The standard InChI is InChI=1S/C9H18O4S/c1-3-4-5-6-14(12)8(7-13-2)9(10)11/h8H,3-7H2,1-2H3,(H,10,11). The number of hydrogen-bond acceptors (Lipinski definition) is 3. The zero-order valence-electron chi connectivity index (χ0n) is 8.69. The molecule has 0 radical (unpaired) electrons. The van der Waals surface area contributed by atoms with Gasteiger partial charge in [0.15, 0.2) is 5.25 Å². The van der Waals surface area contributed by atoms with Crippen LogP contribution in [0.1, 0.15) is 26.2 Å². The van der Waals surface area contributed by atoms with E-state index in [0.29, 0.717) is 5.75 Å². The van der Waals surface area contributed by atoms with Gasteiger partial charge in [0, 0.05) is 23.7 Å². The molecule has 0 bridgehead atoms. The van der Waals surface area contributed by atoms with Gasteiger partial charge in [0.05, 0.1) is 6.61 Å². The van der Waals surface area contributed by atoms with Crippen molar-refractivity contribution in [2.45, 2.75) is 31.4 Å². The summed E-state index contributed by atoms with van der Waals surface area (Å²) in [4.78, 5) is 10.7. The Balaban J connectivity index is 3.96. The van der Waals surface area contributed by atoms with E-state index in [2.05, 4.69) is 0 Å². The third-order valence-corrected chi connectivity index (χ3v) is 3.52. The van der Waals surface area contributed by atoms with E-state index in [1.807, 2.05) is 6.92 Å². The monoisotopic (exact) mass is 222 g/mol. The maximum absolute atomic E-state index is 11.5. The summed E-state index contributed by atoms with van der Waals surface area (Å²) in [5.41, 5.74) is 0. The summed E-state index contributed by atoms with van der Waals surface area (Å²) in [6.07, 6.45) is 2.85. The van der Waals surface area contributed by atoms with Crippen molar-refractivity contribution in [2.75, 3.05) is 19.5 Å². The summed E-state index contributed by atoms with van der Waals surface area (Å²) in [7, 11) is 0.102. The minimum atomic E-state index is -1.31. The number of rotatable bonds is 8. The predicted octanol–water partition coefficient (Wildman–Crippen LogP) is 1.02. The number of carboxylic acid groups (broad SMARTS) is 1. The van der Waals surface area contributed by atoms with Crippen LogP contribution >= 0.6 is 0 Å². The minimum Gasteiger partial charge on any atom is -0.480 e. The van der Waals surface area contributed by atoms with Crippen LogP contribution in [-0.4, -0.2) is 40.0 Å². The maximum Gasteiger partial charge on any atom is 0.321 e. The van der Waals surface area contributed by atoms with Crippen LogP contribution in [0.2, 0.25) is 0 Å². The average Bonchev–Trinajstić information content (AvgIpc) is 2.13. The second-order valence-corrected chi connectivity index (χ2v) is 4.81. The molecule has 0 fully saturated rings. The lowest BCUT2D eigenvalue weighted by molar-refractivity contribution is -0.137. The van der Waals surface area contributed by atoms with Gasteiger partial charge in [-0.2, -0.15) is 0 Å². The molecule has 2 atom stereocenters. The van der Waals surface area contributed by atoms with Crippen LogP contribution < -0.4 is 0 Å². The van der Waals surface area contributed by atoms with E-state index >= 15 is 0 Å². The zero-order chi connectivity index (χ0) is 11.0. The molecule has 1 N–H and O–H groups in total. The molecule has 84 valence electrons. The van der Waals surface area contributed by atoms with E-state index in [9.17, 15) is 9.00 Å². The summed E-state index contributed by atoms with van der Waals surface area (Å²) in [6.45, 7) is 2.07. The van der Waals surface area contributed by atoms with E-state index < -0.39 is 22.0 Å². The molecule has 0 rings (SSSR count). The molecule has 0 aromatic rings. The minimum absolute atomic E-state index is 0.0219. The van der Waals surface area contributed by atoms with Gasteiger partial charge >= 0.3 is 5.97 Å². The van der Waals surface area contributed by atoms with Crippen molar-refractivity contribution >= 4 is 16.8 Å². The van der Waals surface area contributed by atoms with E-state index in [0.717, 1.165) is 19.3 Å². The van der Waals surface area contributed by atoms with E-state index in [-0.39, 0.29) is 6.61 Å². The molecule has 0 aliphatic carbocycles. The van der Waals surface area contributed by atoms with Crippen molar-refractivity contribution in [3.8, 4) is 0 Å². The lowest BCUT2D eigenvalue weighted by atomic mass is 10.3. The smallest absolute Gasteiger partial charge is 0.321 e. The molecule has 0 spiro atoms. The van der Waals surface area contributed by atoms with Gasteiger partial charge < -0.3 is 9.84 Å². The van der Waals surface area contributed by atoms with Crippen LogP contribution in [0.3, 0.4) is 0 Å². The number of ether oxygens (including phenoxy) is 1. The first kappa shape index (κ1) is 13.6. The number of carbonyl (C=O) groups is 1. The molecule has 2 unspecified atom stereocenters. The largest absolute Gasteiger partial charge is 0.480 e. The molecule has 5 heteroatoms. The molecule has 0 aromatic carbocycles. The highest BCUT2D eigenvalue weighted by molar-refractivity contribution is 7.86. The third-order valence-electron chi connectivity index (χ3n) is 1.86. The Morgan fingerprint density at radius 2 is 2.14 bits per heavy atom. The molecule has 14 heavy (non-hydrogen) atoms. The summed E-state index contributed by atoms with van der Waals surface area (Å²) >= 11 is 0. The zero-order valence-corrected chi connectivity index (χ0v) is 9.51. The van der Waals surface area contributed by atoms with E-state index in [4.69, 9.17) is 9.84 Å². The quantitative estimate of drug-likeness (QED) is 0.623. The van der Waals surface area contributed by atoms with Gasteiger partial charge in [-0.15, -0.1) is 0 Å². The Hall–Kier alpha value is -0.420. The van der Waals surface area contributed by atoms with Crippen molar-refractivity contribution in [3.05, 3.63) is 0 Å². The number of unbranched alkanes of at least 4 members (excludes halogenated alkanes) is 2. The molecule has 4 nitrogen and oxygen atoms in total. The number of hydrogen-bond donors (Lipinski definition) is 1. The van der Waals surface area contributed by atoms with Gasteiger partial charge in [-0.3, -0.25) is 9.00 Å². The van der Waals surface area contributed by atoms with Crippen LogP contribution in [0.4, 0.5) is 0 Å². The van der Waals surface area contributed by atoms with Crippen molar-refractivity contribution in [1.29, 1.82) is 0 Å². The lowest BCUT2D eigenvalue weighted by Crippen LogP contribution is -2.31. The van der Waals surface area contributed by atoms with E-state index in [1.165, 1.54) is 7.11 Å². The molecule has 0 aromatic heterocycles. The number of aliphatic carboxylic acids is 1. The van der Waals surface area contributed by atoms with Crippen molar-refractivity contribution in [1.82, 2.24) is 0 Å². The Morgan fingerprint density at radius 1 is 1.50 bits per heavy atom. The van der Waals surface area contributed by atoms with Gasteiger partial charge in [0.25, 0.3) is 0 Å². The van der Waals surface area contributed by atoms with Crippen LogP contribution in [0.15, 0.2) is 0 Å². The second kappa shape index (κ2) is 7.94. The van der Waals surface area contributed by atoms with Crippen LogP contribution in [0.5, 0.6) is 0 Å². The Bertz CT molecular complexity index is 193. The summed E-state index contributed by atoms with van der Waals surface area (Å²) in [5, 5.41) is 7.88. The van der Waals surface area contributed by atoms with Gasteiger partial charge in [-0.25, -0.2) is 0 Å². The molecule has 0 saturated heterocycles. The first-order chi connectivity index (χ1) is 6.63. The second-order valence-electron chi connectivity index (χ2n) is 3.07.